The van der Waals surface area contributed by atoms with Crippen molar-refractivity contribution in [2.24, 2.45) is 13.0 Å². The van der Waals surface area contributed by atoms with Crippen LogP contribution in [0.2, 0.25) is 5.02 Å². The Hall–Kier alpha value is -2.75. The summed E-state index contributed by atoms with van der Waals surface area (Å²) in [6.45, 7) is 0.909. The number of amides is 1. The van der Waals surface area contributed by atoms with Crippen LogP contribution in [0.25, 0.3) is 0 Å². The van der Waals surface area contributed by atoms with Gasteiger partial charge in [0.05, 0.1) is 23.7 Å². The van der Waals surface area contributed by atoms with E-state index in [4.69, 9.17) is 16.3 Å². The molecule has 0 unspecified atom stereocenters. The maximum Gasteiger partial charge on any atom is 0.416 e. The molecule has 3 rings (SSSR count). The van der Waals surface area contributed by atoms with Gasteiger partial charge in [0.1, 0.15) is 11.4 Å². The van der Waals surface area contributed by atoms with Gasteiger partial charge in [0.2, 0.25) is 5.91 Å². The van der Waals surface area contributed by atoms with Crippen LogP contribution in [0.5, 0.6) is 5.75 Å². The number of hydrogen-bond acceptors (Lipinski definition) is 5. The minimum absolute atomic E-state index is 0.0154. The predicted molar refractivity (Wildman–Crippen MR) is 100.0 cm³/mol. The number of nitrogens with zero attached hydrogens (tertiary/aromatic N) is 3. The van der Waals surface area contributed by atoms with Gasteiger partial charge in [-0.1, -0.05) is 11.6 Å². The lowest BCUT2D eigenvalue weighted by Gasteiger charge is -2.39. The molecule has 1 saturated heterocycles. The third kappa shape index (κ3) is 5.00. The van der Waals surface area contributed by atoms with Crippen LogP contribution >= 0.6 is 11.6 Å². The molecule has 1 aromatic heterocycles. The molecule has 1 N–H and O–H groups in total. The minimum atomic E-state index is -4.48. The molecular formula is C18H18ClF3N4O3. The number of alkyl halides is 3. The van der Waals surface area contributed by atoms with Crippen molar-refractivity contribution < 1.29 is 22.7 Å². The maximum absolute atomic E-state index is 12.8. The number of aryl methyl sites for hydroxylation is 1. The van der Waals surface area contributed by atoms with E-state index in [1.165, 1.54) is 19.3 Å². The van der Waals surface area contributed by atoms with Crippen molar-refractivity contribution in [2.75, 3.05) is 31.6 Å². The number of hydrogen-bond donors (Lipinski definition) is 1. The minimum Gasteiger partial charge on any atom is -0.492 e. The second-order valence-electron chi connectivity index (χ2n) is 6.65. The van der Waals surface area contributed by atoms with E-state index in [0.29, 0.717) is 13.1 Å². The van der Waals surface area contributed by atoms with E-state index >= 15 is 0 Å². The molecule has 29 heavy (non-hydrogen) atoms. The third-order valence-corrected chi connectivity index (χ3v) is 4.79. The van der Waals surface area contributed by atoms with Crippen molar-refractivity contribution in [3.63, 3.8) is 0 Å². The number of carbonyl (C=O) groups is 1. The molecule has 1 aromatic carbocycles. The first-order valence-corrected chi connectivity index (χ1v) is 9.06. The number of likely N-dealkylation sites (tertiary alicyclic amines) is 1. The van der Waals surface area contributed by atoms with E-state index in [1.807, 2.05) is 0 Å². The Morgan fingerprint density at radius 3 is 2.76 bits per heavy atom. The first-order chi connectivity index (χ1) is 13.6. The van der Waals surface area contributed by atoms with Gasteiger partial charge in [-0.25, -0.2) is 4.68 Å². The Morgan fingerprint density at radius 2 is 2.07 bits per heavy atom. The number of halogens is 4. The fourth-order valence-electron chi connectivity index (χ4n) is 2.80. The summed E-state index contributed by atoms with van der Waals surface area (Å²) >= 11 is 5.90. The van der Waals surface area contributed by atoms with Crippen LogP contribution in [-0.4, -0.2) is 46.8 Å². The van der Waals surface area contributed by atoms with Crippen molar-refractivity contribution in [1.29, 1.82) is 0 Å². The first-order valence-electron chi connectivity index (χ1n) is 8.68. The second kappa shape index (κ2) is 8.32. The van der Waals surface area contributed by atoms with E-state index in [0.717, 1.165) is 22.9 Å². The smallest absolute Gasteiger partial charge is 0.416 e. The highest BCUT2D eigenvalue weighted by Gasteiger charge is 2.33. The highest BCUT2D eigenvalue weighted by Crippen LogP contribution is 2.35. The molecule has 0 spiro atoms. The summed E-state index contributed by atoms with van der Waals surface area (Å²) in [5.74, 6) is -0.253. The molecule has 0 aliphatic carbocycles. The summed E-state index contributed by atoms with van der Waals surface area (Å²) in [7, 11) is 1.51. The molecule has 1 amide bonds. The fraction of sp³-hybridized carbons (Fsp3) is 0.389. The zero-order chi connectivity index (χ0) is 21.2. The van der Waals surface area contributed by atoms with Crippen LogP contribution in [0.4, 0.5) is 18.9 Å². The van der Waals surface area contributed by atoms with Crippen molar-refractivity contribution in [2.45, 2.75) is 6.18 Å². The highest BCUT2D eigenvalue weighted by atomic mass is 35.5. The van der Waals surface area contributed by atoms with Gasteiger partial charge >= 0.3 is 6.18 Å². The van der Waals surface area contributed by atoms with Crippen molar-refractivity contribution in [1.82, 2.24) is 14.7 Å². The number of ether oxygens (including phenoxy) is 1. The molecule has 11 heteroatoms. The highest BCUT2D eigenvalue weighted by molar-refractivity contribution is 6.32. The molecule has 0 atom stereocenters. The zero-order valence-corrected chi connectivity index (χ0v) is 16.1. The van der Waals surface area contributed by atoms with Gasteiger partial charge in [0, 0.05) is 32.3 Å². The molecule has 0 radical (unpaired) electrons. The number of nitrogens with one attached hydrogen (secondary N) is 1. The SMILES string of the molecule is Cn1nccc(NCC(=O)N2CC(COc3cc(C(F)(F)F)ccc3Cl)C2)c1=O. The van der Waals surface area contributed by atoms with Crippen LogP contribution in [0, 0.1) is 5.92 Å². The number of anilines is 1. The summed E-state index contributed by atoms with van der Waals surface area (Å²) in [6, 6.07) is 4.39. The number of aromatic nitrogens is 2. The van der Waals surface area contributed by atoms with Gasteiger partial charge in [-0.2, -0.15) is 18.3 Å². The predicted octanol–water partition coefficient (Wildman–Crippen LogP) is 2.40. The summed E-state index contributed by atoms with van der Waals surface area (Å²) in [5, 5.41) is 6.67. The van der Waals surface area contributed by atoms with Gasteiger partial charge in [-0.15, -0.1) is 0 Å². The molecule has 0 bridgehead atoms. The van der Waals surface area contributed by atoms with Gasteiger partial charge < -0.3 is 15.0 Å². The van der Waals surface area contributed by atoms with Crippen LogP contribution in [0.1, 0.15) is 5.56 Å². The number of rotatable bonds is 6. The van der Waals surface area contributed by atoms with Crippen LogP contribution < -0.4 is 15.6 Å². The third-order valence-electron chi connectivity index (χ3n) is 4.48. The monoisotopic (exact) mass is 430 g/mol. The Labute approximate surface area is 169 Å². The van der Waals surface area contributed by atoms with Crippen molar-refractivity contribution >= 4 is 23.2 Å². The standard InChI is InChI=1S/C18H18ClF3N4O3/c1-25-17(28)14(4-5-24-25)23-7-16(27)26-8-11(9-26)10-29-15-6-12(18(20,21)22)2-3-13(15)19/h2-6,11,23H,7-10H2,1H3. The molecule has 1 aliphatic heterocycles. The fourth-order valence-corrected chi connectivity index (χ4v) is 2.97. The average Bonchev–Trinajstić information content (AvgIpc) is 2.62. The average molecular weight is 431 g/mol. The van der Waals surface area contributed by atoms with E-state index in [-0.39, 0.29) is 47.0 Å². The first kappa shape index (κ1) is 21.0. The lowest BCUT2D eigenvalue weighted by atomic mass is 10.0. The van der Waals surface area contributed by atoms with E-state index in [9.17, 15) is 22.8 Å². The van der Waals surface area contributed by atoms with Gasteiger partial charge in [0.25, 0.3) is 5.56 Å². The Morgan fingerprint density at radius 1 is 1.34 bits per heavy atom. The van der Waals surface area contributed by atoms with E-state index < -0.39 is 11.7 Å². The normalized spacial score (nSPS) is 14.4. The summed E-state index contributed by atoms with van der Waals surface area (Å²) in [4.78, 5) is 25.6. The Balaban J connectivity index is 1.46. The summed E-state index contributed by atoms with van der Waals surface area (Å²) in [5.41, 5.74) is -0.903. The molecule has 7 nitrogen and oxygen atoms in total. The lowest BCUT2D eigenvalue weighted by molar-refractivity contribution is -0.138. The van der Waals surface area contributed by atoms with Crippen LogP contribution in [0.15, 0.2) is 35.3 Å². The van der Waals surface area contributed by atoms with Crippen LogP contribution in [-0.2, 0) is 18.0 Å². The number of carbonyl (C=O) groups excluding carboxylic acids is 1. The molecule has 0 saturated carbocycles. The zero-order valence-electron chi connectivity index (χ0n) is 15.4. The van der Waals surface area contributed by atoms with Crippen LogP contribution in [0.3, 0.4) is 0 Å². The molecule has 156 valence electrons. The molecule has 2 aromatic rings. The van der Waals surface area contributed by atoms with E-state index in [1.54, 1.807) is 4.90 Å². The molecular weight excluding hydrogens is 413 g/mol. The number of benzene rings is 1. The van der Waals surface area contributed by atoms with E-state index in [2.05, 4.69) is 10.4 Å². The Bertz CT molecular complexity index is 958. The molecule has 2 heterocycles. The second-order valence-corrected chi connectivity index (χ2v) is 7.05. The Kier molecular flexibility index (Phi) is 6.02. The molecule has 1 aliphatic rings. The summed E-state index contributed by atoms with van der Waals surface area (Å²) in [6.07, 6.45) is -3.03. The quantitative estimate of drug-likeness (QED) is 0.761. The van der Waals surface area contributed by atoms with Gasteiger partial charge in [-0.3, -0.25) is 9.59 Å². The van der Waals surface area contributed by atoms with Crippen molar-refractivity contribution in [3.05, 3.63) is 51.4 Å². The van der Waals surface area contributed by atoms with Crippen molar-refractivity contribution in [3.8, 4) is 5.75 Å². The largest absolute Gasteiger partial charge is 0.492 e. The van der Waals surface area contributed by atoms with Gasteiger partial charge in [-0.05, 0) is 24.3 Å². The lowest BCUT2D eigenvalue weighted by Crippen LogP contribution is -2.53. The topological polar surface area (TPSA) is 76.5 Å². The van der Waals surface area contributed by atoms with Gasteiger partial charge in [0.15, 0.2) is 0 Å². The maximum atomic E-state index is 12.8. The molecule has 1 fully saturated rings. The summed E-state index contributed by atoms with van der Waals surface area (Å²) < 4.78 is 44.9.